The standard InChI is InChI=1S/C21H25N3O6S3/c1-2-30-12-11-24-18-9-8-17(33(22,28)29)14-19(18)31-21(24)23-20(25)10-13-32(26,27)15-16-6-4-3-5-7-16/h3-9,14H,2,10-13,15H2,1H3,(H2,22,28,29). The Morgan fingerprint density at radius 1 is 1.12 bits per heavy atom. The monoisotopic (exact) mass is 511 g/mol. The minimum absolute atomic E-state index is 0.0434. The Bertz CT molecular complexity index is 1410. The summed E-state index contributed by atoms with van der Waals surface area (Å²) in [7, 11) is -7.37. The van der Waals surface area contributed by atoms with Gasteiger partial charge in [-0.1, -0.05) is 41.7 Å². The van der Waals surface area contributed by atoms with E-state index in [1.165, 1.54) is 12.1 Å². The van der Waals surface area contributed by atoms with E-state index in [2.05, 4.69) is 4.99 Å². The smallest absolute Gasteiger partial charge is 0.249 e. The van der Waals surface area contributed by atoms with Crippen molar-refractivity contribution in [2.75, 3.05) is 19.0 Å². The lowest BCUT2D eigenvalue weighted by molar-refractivity contribution is -0.117. The summed E-state index contributed by atoms with van der Waals surface area (Å²) in [5.74, 6) is -1.03. The van der Waals surface area contributed by atoms with E-state index in [-0.39, 0.29) is 22.8 Å². The average molecular weight is 512 g/mol. The minimum Gasteiger partial charge on any atom is -0.380 e. The SMILES string of the molecule is CCOCCn1c(=NC(=O)CCS(=O)(=O)Cc2ccccc2)sc2cc(S(N)(=O)=O)ccc21. The number of rotatable bonds is 10. The summed E-state index contributed by atoms with van der Waals surface area (Å²) in [6.45, 7) is 3.13. The number of aromatic nitrogens is 1. The van der Waals surface area contributed by atoms with Crippen LogP contribution in [-0.4, -0.2) is 46.3 Å². The zero-order chi connectivity index (χ0) is 24.1. The molecule has 0 saturated heterocycles. The Balaban J connectivity index is 1.86. The average Bonchev–Trinajstić information content (AvgIpc) is 3.09. The highest BCUT2D eigenvalue weighted by molar-refractivity contribution is 7.90. The maximum Gasteiger partial charge on any atom is 0.249 e. The fraction of sp³-hybridized carbons (Fsp3) is 0.333. The number of hydrogen-bond donors (Lipinski definition) is 1. The van der Waals surface area contributed by atoms with Gasteiger partial charge in [0.15, 0.2) is 14.6 Å². The molecule has 0 spiro atoms. The Kier molecular flexibility index (Phi) is 8.19. The fourth-order valence-corrected chi connectivity index (χ4v) is 6.20. The number of fused-ring (bicyclic) bond motifs is 1. The van der Waals surface area contributed by atoms with Gasteiger partial charge in [-0.2, -0.15) is 4.99 Å². The second-order valence-corrected chi connectivity index (χ2v) is 12.0. The molecule has 0 saturated carbocycles. The van der Waals surface area contributed by atoms with Crippen LogP contribution < -0.4 is 9.94 Å². The van der Waals surface area contributed by atoms with Crippen LogP contribution in [0.2, 0.25) is 0 Å². The number of sulfone groups is 1. The third-order valence-corrected chi connectivity index (χ3v) is 8.27. The zero-order valence-electron chi connectivity index (χ0n) is 18.0. The normalized spacial score (nSPS) is 13.0. The van der Waals surface area contributed by atoms with Gasteiger partial charge in [0.25, 0.3) is 0 Å². The zero-order valence-corrected chi connectivity index (χ0v) is 20.5. The molecule has 33 heavy (non-hydrogen) atoms. The van der Waals surface area contributed by atoms with Crippen LogP contribution in [-0.2, 0) is 41.7 Å². The molecule has 0 aliphatic carbocycles. The Hall–Kier alpha value is -2.38. The van der Waals surface area contributed by atoms with Crippen LogP contribution in [0.15, 0.2) is 58.4 Å². The molecule has 9 nitrogen and oxygen atoms in total. The van der Waals surface area contributed by atoms with Crippen molar-refractivity contribution < 1.29 is 26.4 Å². The maximum atomic E-state index is 12.5. The van der Waals surface area contributed by atoms with Gasteiger partial charge in [0, 0.05) is 19.6 Å². The number of nitrogens with two attached hydrogens (primary N) is 1. The van der Waals surface area contributed by atoms with Crippen LogP contribution in [0.4, 0.5) is 0 Å². The summed E-state index contributed by atoms with van der Waals surface area (Å²) >= 11 is 1.13. The molecule has 0 bridgehead atoms. The predicted octanol–water partition coefficient (Wildman–Crippen LogP) is 1.82. The molecule has 3 aromatic rings. The highest BCUT2D eigenvalue weighted by atomic mass is 32.2. The Morgan fingerprint density at radius 3 is 2.52 bits per heavy atom. The molecule has 1 aromatic heterocycles. The summed E-state index contributed by atoms with van der Waals surface area (Å²) in [5.41, 5.74) is 1.33. The minimum atomic E-state index is -3.88. The van der Waals surface area contributed by atoms with Crippen molar-refractivity contribution in [3.8, 4) is 0 Å². The van der Waals surface area contributed by atoms with Crippen molar-refractivity contribution in [3.05, 3.63) is 58.9 Å². The number of amides is 1. The van der Waals surface area contributed by atoms with Crippen molar-refractivity contribution >= 4 is 47.3 Å². The van der Waals surface area contributed by atoms with Crippen LogP contribution in [0.5, 0.6) is 0 Å². The number of primary sulfonamides is 1. The first-order valence-electron chi connectivity index (χ1n) is 10.1. The van der Waals surface area contributed by atoms with Gasteiger partial charge in [-0.05, 0) is 30.7 Å². The van der Waals surface area contributed by atoms with Crippen LogP contribution in [0.1, 0.15) is 18.9 Å². The van der Waals surface area contributed by atoms with E-state index in [0.717, 1.165) is 11.3 Å². The van der Waals surface area contributed by atoms with E-state index >= 15 is 0 Å². The van der Waals surface area contributed by atoms with Crippen molar-refractivity contribution in [1.29, 1.82) is 0 Å². The maximum absolute atomic E-state index is 12.5. The summed E-state index contributed by atoms with van der Waals surface area (Å²) in [4.78, 5) is 16.9. The second kappa shape index (κ2) is 10.7. The summed E-state index contributed by atoms with van der Waals surface area (Å²) in [6.07, 6.45) is -0.253. The molecule has 12 heteroatoms. The lowest BCUT2D eigenvalue weighted by Gasteiger charge is -2.06. The third kappa shape index (κ3) is 7.05. The first-order chi connectivity index (χ1) is 15.6. The second-order valence-electron chi connectivity index (χ2n) is 7.24. The molecule has 1 amide bonds. The quantitative estimate of drug-likeness (QED) is 0.412. The van der Waals surface area contributed by atoms with Crippen LogP contribution in [0, 0.1) is 0 Å². The van der Waals surface area contributed by atoms with Crippen molar-refractivity contribution in [2.24, 2.45) is 10.1 Å². The number of benzene rings is 2. The van der Waals surface area contributed by atoms with Crippen LogP contribution >= 0.6 is 11.3 Å². The molecule has 0 fully saturated rings. The molecule has 3 rings (SSSR count). The molecule has 0 radical (unpaired) electrons. The molecule has 0 atom stereocenters. The molecule has 2 aromatic carbocycles. The van der Waals surface area contributed by atoms with E-state index in [4.69, 9.17) is 9.88 Å². The van der Waals surface area contributed by atoms with E-state index < -0.39 is 25.8 Å². The molecule has 2 N–H and O–H groups in total. The fourth-order valence-electron chi connectivity index (χ4n) is 3.14. The molecule has 0 aliphatic rings. The summed E-state index contributed by atoms with van der Waals surface area (Å²) in [5, 5.41) is 5.22. The van der Waals surface area contributed by atoms with Gasteiger partial charge in [-0.15, -0.1) is 0 Å². The molecular weight excluding hydrogens is 486 g/mol. The molecular formula is C21H25N3O6S3. The number of hydrogen-bond acceptors (Lipinski definition) is 7. The van der Waals surface area contributed by atoms with Gasteiger partial charge in [0.2, 0.25) is 15.9 Å². The topological polar surface area (TPSA) is 138 Å². The van der Waals surface area contributed by atoms with E-state index in [1.54, 1.807) is 41.0 Å². The first kappa shape index (κ1) is 25.2. The first-order valence-corrected chi connectivity index (χ1v) is 14.3. The van der Waals surface area contributed by atoms with Gasteiger partial charge in [-0.25, -0.2) is 22.0 Å². The van der Waals surface area contributed by atoms with Crippen LogP contribution in [0.3, 0.4) is 0 Å². The largest absolute Gasteiger partial charge is 0.380 e. The Labute approximate surface area is 196 Å². The number of carbonyl (C=O) groups is 1. The van der Waals surface area contributed by atoms with Gasteiger partial charge in [0.05, 0.1) is 33.2 Å². The Morgan fingerprint density at radius 2 is 1.85 bits per heavy atom. The number of sulfonamides is 1. The molecule has 178 valence electrons. The third-order valence-electron chi connectivity index (χ3n) is 4.72. The van der Waals surface area contributed by atoms with Gasteiger partial charge in [-0.3, -0.25) is 4.79 Å². The lowest BCUT2D eigenvalue weighted by Crippen LogP contribution is -2.20. The van der Waals surface area contributed by atoms with Crippen molar-refractivity contribution in [1.82, 2.24) is 4.57 Å². The van der Waals surface area contributed by atoms with E-state index in [1.807, 2.05) is 6.92 Å². The van der Waals surface area contributed by atoms with E-state index in [9.17, 15) is 21.6 Å². The van der Waals surface area contributed by atoms with Crippen LogP contribution in [0.25, 0.3) is 10.2 Å². The highest BCUT2D eigenvalue weighted by Gasteiger charge is 2.16. The molecule has 0 aliphatic heterocycles. The number of ether oxygens (including phenoxy) is 1. The number of carbonyl (C=O) groups excluding carboxylic acids is 1. The summed E-state index contributed by atoms with van der Waals surface area (Å²) in [6, 6.07) is 13.2. The summed E-state index contributed by atoms with van der Waals surface area (Å²) < 4.78 is 55.9. The number of nitrogens with zero attached hydrogens (tertiary/aromatic N) is 2. The lowest BCUT2D eigenvalue weighted by atomic mass is 10.2. The highest BCUT2D eigenvalue weighted by Crippen LogP contribution is 2.21. The number of thiazole rings is 1. The van der Waals surface area contributed by atoms with Gasteiger partial charge < -0.3 is 9.30 Å². The van der Waals surface area contributed by atoms with Crippen molar-refractivity contribution in [3.63, 3.8) is 0 Å². The van der Waals surface area contributed by atoms with Gasteiger partial charge >= 0.3 is 0 Å². The van der Waals surface area contributed by atoms with Gasteiger partial charge in [0.1, 0.15) is 0 Å². The predicted molar refractivity (Wildman–Crippen MR) is 127 cm³/mol. The van der Waals surface area contributed by atoms with Crippen molar-refractivity contribution in [2.45, 2.75) is 30.5 Å². The van der Waals surface area contributed by atoms with E-state index in [0.29, 0.717) is 40.3 Å². The molecule has 1 heterocycles. The molecule has 0 unspecified atom stereocenters.